The number of carbonyl (C=O) groups excluding carboxylic acids is 4. The van der Waals surface area contributed by atoms with Crippen molar-refractivity contribution < 1.29 is 33.4 Å². The van der Waals surface area contributed by atoms with Crippen molar-refractivity contribution in [1.29, 1.82) is 5.26 Å². The van der Waals surface area contributed by atoms with Crippen LogP contribution in [0.15, 0.2) is 36.4 Å². The molecule has 21 nitrogen and oxygen atoms in total. The lowest BCUT2D eigenvalue weighted by Gasteiger charge is -2.27. The van der Waals surface area contributed by atoms with Gasteiger partial charge in [0.2, 0.25) is 23.7 Å². The van der Waals surface area contributed by atoms with E-state index in [2.05, 4.69) is 32.2 Å². The summed E-state index contributed by atoms with van der Waals surface area (Å²) in [5, 5.41) is 27.8. The van der Waals surface area contributed by atoms with E-state index in [1.807, 2.05) is 41.7 Å². The topological polar surface area (TPSA) is 256 Å². The number of hydrogen-bond acceptors (Lipinski definition) is 13. The highest BCUT2D eigenvalue weighted by atomic mass is 16.5. The highest BCUT2D eigenvalue weighted by Crippen LogP contribution is 2.39. The SMILES string of the molecule is CCn1nc(C)cc1C(=O)Nc1nc2cc(C#N)cc(OCCCNC(=O)CN3CCOCC3)c2n1CCC[C@H]1COc2cc(C(N)=O)cc3nc(NC(=O)c4cc(C)nn4CC)n1c23. The maximum atomic E-state index is 13.9. The average molecular weight is 889 g/mol. The zero-order chi connectivity index (χ0) is 45.8. The summed E-state index contributed by atoms with van der Waals surface area (Å²) in [6, 6.07) is 11.7. The summed E-state index contributed by atoms with van der Waals surface area (Å²) in [5.74, 6) is -0.212. The third-order valence-corrected chi connectivity index (χ3v) is 11.4. The van der Waals surface area contributed by atoms with Gasteiger partial charge in [-0.15, -0.1) is 0 Å². The van der Waals surface area contributed by atoms with Crippen molar-refractivity contribution in [3.8, 4) is 17.6 Å². The maximum absolute atomic E-state index is 13.9. The lowest BCUT2D eigenvalue weighted by Crippen LogP contribution is -2.43. The van der Waals surface area contributed by atoms with E-state index >= 15 is 0 Å². The summed E-state index contributed by atoms with van der Waals surface area (Å²) >= 11 is 0. The molecule has 0 spiro atoms. The number of nitrogens with one attached hydrogen (secondary N) is 3. The lowest BCUT2D eigenvalue weighted by atomic mass is 10.1. The monoisotopic (exact) mass is 888 g/mol. The summed E-state index contributed by atoms with van der Waals surface area (Å²) in [6.45, 7) is 12.5. The second-order valence-corrected chi connectivity index (χ2v) is 16.0. The van der Waals surface area contributed by atoms with Gasteiger partial charge >= 0.3 is 0 Å². The van der Waals surface area contributed by atoms with Crippen LogP contribution in [0.1, 0.15) is 87.4 Å². The third-order valence-electron chi connectivity index (χ3n) is 11.4. The molecule has 0 radical (unpaired) electrons. The first kappa shape index (κ1) is 44.3. The van der Waals surface area contributed by atoms with Gasteiger partial charge in [-0.25, -0.2) is 9.97 Å². The molecule has 0 bridgehead atoms. The summed E-state index contributed by atoms with van der Waals surface area (Å²) in [4.78, 5) is 64.2. The number of hydrogen-bond donors (Lipinski definition) is 4. The van der Waals surface area contributed by atoms with Gasteiger partial charge < -0.3 is 34.4 Å². The standard InChI is InChI=1S/C44H52N14O7/c1-5-56-33(17-26(3)52-56)41(61)50-43-48-31-19-28(23-45)20-35(64-14-8-10-47-37(59)24-54-12-15-63-16-13-54)38(31)55(43)11-7-9-30-25-65-36-22-29(40(46)60)21-32-39(36)58(30)44(49-32)51-42(62)34-18-27(4)53-57(34)6-2/h17-22,30H,5-16,24-25H2,1-4H3,(H2,46,60)(H,47,59)(H,48,50,61)(H,49,51,62)/t30-/m0/s1. The molecule has 1 atom stereocenters. The van der Waals surface area contributed by atoms with E-state index < -0.39 is 17.7 Å². The Hall–Kier alpha value is -7.31. The molecule has 0 aliphatic carbocycles. The van der Waals surface area contributed by atoms with Crippen LogP contribution in [0.4, 0.5) is 11.9 Å². The van der Waals surface area contributed by atoms with Crippen molar-refractivity contribution >= 4 is 57.6 Å². The summed E-state index contributed by atoms with van der Waals surface area (Å²) in [6.07, 6.45) is 1.50. The highest BCUT2D eigenvalue weighted by molar-refractivity contribution is 6.05. The fourth-order valence-corrected chi connectivity index (χ4v) is 8.34. The molecule has 1 fully saturated rings. The number of benzene rings is 2. The number of nitriles is 1. The minimum absolute atomic E-state index is 0.0777. The van der Waals surface area contributed by atoms with Crippen LogP contribution < -0.4 is 31.2 Å². The molecule has 4 amide bonds. The average Bonchev–Trinajstić information content (AvgIpc) is 4.07. The molecule has 8 rings (SSSR count). The number of amides is 4. The normalized spacial score (nSPS) is 14.8. The molecule has 21 heteroatoms. The predicted octanol–water partition coefficient (Wildman–Crippen LogP) is 3.54. The van der Waals surface area contributed by atoms with E-state index in [9.17, 15) is 24.4 Å². The minimum Gasteiger partial charge on any atom is -0.491 e. The lowest BCUT2D eigenvalue weighted by molar-refractivity contribution is -0.123. The van der Waals surface area contributed by atoms with Crippen LogP contribution in [0, 0.1) is 25.2 Å². The minimum atomic E-state index is -0.641. The highest BCUT2D eigenvalue weighted by Gasteiger charge is 2.30. The molecule has 0 saturated carbocycles. The van der Waals surface area contributed by atoms with Gasteiger partial charge in [-0.3, -0.25) is 44.1 Å². The first-order valence-corrected chi connectivity index (χ1v) is 21.8. The Kier molecular flexibility index (Phi) is 13.1. The number of carbonyl (C=O) groups is 4. The number of anilines is 2. The molecular formula is C44H52N14O7. The van der Waals surface area contributed by atoms with E-state index in [-0.39, 0.29) is 42.6 Å². The van der Waals surface area contributed by atoms with E-state index in [0.717, 1.165) is 0 Å². The number of nitrogens with two attached hydrogens (primary N) is 1. The number of primary amides is 1. The van der Waals surface area contributed by atoms with Gasteiger partial charge in [-0.05, 0) is 77.3 Å². The van der Waals surface area contributed by atoms with E-state index in [0.29, 0.717) is 140 Å². The number of imidazole rings is 2. The molecule has 65 heavy (non-hydrogen) atoms. The molecule has 2 aliphatic rings. The molecule has 6 heterocycles. The second-order valence-electron chi connectivity index (χ2n) is 16.0. The number of rotatable bonds is 18. The maximum Gasteiger partial charge on any atom is 0.276 e. The van der Waals surface area contributed by atoms with Gasteiger partial charge in [0.1, 0.15) is 40.5 Å². The molecule has 340 valence electrons. The number of morpholine rings is 1. The van der Waals surface area contributed by atoms with Crippen molar-refractivity contribution in [1.82, 2.24) is 48.9 Å². The Morgan fingerprint density at radius 3 is 2.20 bits per heavy atom. The molecule has 2 aliphatic heterocycles. The van der Waals surface area contributed by atoms with Crippen molar-refractivity contribution in [3.05, 3.63) is 70.3 Å². The van der Waals surface area contributed by atoms with Crippen molar-refractivity contribution in [2.24, 2.45) is 5.73 Å². The number of aryl methyl sites for hydroxylation is 5. The molecule has 1 saturated heterocycles. The first-order chi connectivity index (χ1) is 31.4. The quantitative estimate of drug-likeness (QED) is 0.0902. The van der Waals surface area contributed by atoms with Crippen LogP contribution in [0.25, 0.3) is 22.1 Å². The summed E-state index contributed by atoms with van der Waals surface area (Å²) in [7, 11) is 0. The fraction of sp³-hybridized carbons (Fsp3) is 0.432. The van der Waals surface area contributed by atoms with Crippen molar-refractivity contribution in [2.45, 2.75) is 72.6 Å². The number of ether oxygens (including phenoxy) is 3. The number of aromatic nitrogens is 8. The Labute approximate surface area is 373 Å². The van der Waals surface area contributed by atoms with Crippen LogP contribution in [-0.4, -0.2) is 120 Å². The number of fused-ring (bicyclic) bond motifs is 1. The largest absolute Gasteiger partial charge is 0.491 e. The van der Waals surface area contributed by atoms with Crippen molar-refractivity contribution in [3.63, 3.8) is 0 Å². The zero-order valence-corrected chi connectivity index (χ0v) is 36.8. The van der Waals surface area contributed by atoms with E-state index in [1.54, 1.807) is 45.8 Å². The third kappa shape index (κ3) is 9.49. The van der Waals surface area contributed by atoms with Crippen LogP contribution in [0.2, 0.25) is 0 Å². The van der Waals surface area contributed by atoms with Crippen molar-refractivity contribution in [2.75, 3.05) is 63.2 Å². The number of nitrogens with zero attached hydrogens (tertiary/aromatic N) is 10. The van der Waals surface area contributed by atoms with Gasteiger partial charge in [-0.2, -0.15) is 15.5 Å². The molecule has 4 aromatic heterocycles. The molecule has 0 unspecified atom stereocenters. The smallest absolute Gasteiger partial charge is 0.276 e. The van der Waals surface area contributed by atoms with Gasteiger partial charge in [-0.1, -0.05) is 0 Å². The molecule has 2 aromatic carbocycles. The summed E-state index contributed by atoms with van der Waals surface area (Å²) < 4.78 is 25.0. The molecule has 5 N–H and O–H groups in total. The Balaban J connectivity index is 1.07. The first-order valence-electron chi connectivity index (χ1n) is 21.8. The van der Waals surface area contributed by atoms with Gasteiger partial charge in [0.25, 0.3) is 11.8 Å². The van der Waals surface area contributed by atoms with Gasteiger partial charge in [0, 0.05) is 50.9 Å². The van der Waals surface area contributed by atoms with Crippen LogP contribution >= 0.6 is 0 Å². The van der Waals surface area contributed by atoms with Gasteiger partial charge in [0.05, 0.1) is 66.5 Å². The Morgan fingerprint density at radius 2 is 1.54 bits per heavy atom. The second kappa shape index (κ2) is 19.2. The Bertz CT molecular complexity index is 2820. The van der Waals surface area contributed by atoms with Crippen LogP contribution in [-0.2, 0) is 29.2 Å². The summed E-state index contributed by atoms with van der Waals surface area (Å²) in [5.41, 5.74) is 10.4. The van der Waals surface area contributed by atoms with Gasteiger partial charge in [0.15, 0.2) is 0 Å². The van der Waals surface area contributed by atoms with E-state index in [4.69, 9.17) is 29.9 Å². The Morgan fingerprint density at radius 1 is 0.877 bits per heavy atom. The van der Waals surface area contributed by atoms with Crippen LogP contribution in [0.5, 0.6) is 11.5 Å². The molecular weight excluding hydrogens is 837 g/mol. The predicted molar refractivity (Wildman–Crippen MR) is 238 cm³/mol. The van der Waals surface area contributed by atoms with Crippen LogP contribution in [0.3, 0.4) is 0 Å². The zero-order valence-electron chi connectivity index (χ0n) is 36.8. The van der Waals surface area contributed by atoms with E-state index in [1.165, 1.54) is 0 Å². The molecule has 6 aromatic rings. The fourth-order valence-electron chi connectivity index (χ4n) is 8.34.